The van der Waals surface area contributed by atoms with Crippen LogP contribution in [0.3, 0.4) is 0 Å². The van der Waals surface area contributed by atoms with Crippen molar-refractivity contribution < 1.29 is 23.9 Å². The molecule has 2 aliphatic rings. The summed E-state index contributed by atoms with van der Waals surface area (Å²) in [6.07, 6.45) is 3.14. The van der Waals surface area contributed by atoms with Crippen molar-refractivity contribution in [2.45, 2.75) is 22.9 Å². The van der Waals surface area contributed by atoms with Gasteiger partial charge in [-0.3, -0.25) is 14.5 Å². The van der Waals surface area contributed by atoms with Crippen molar-refractivity contribution in [3.05, 3.63) is 77.4 Å². The Morgan fingerprint density at radius 1 is 1.21 bits per heavy atom. The van der Waals surface area contributed by atoms with E-state index >= 15 is 0 Å². The highest BCUT2D eigenvalue weighted by molar-refractivity contribution is 8.06. The Labute approximate surface area is 196 Å². The van der Waals surface area contributed by atoms with Crippen LogP contribution in [0.1, 0.15) is 5.76 Å². The van der Waals surface area contributed by atoms with E-state index in [1.807, 2.05) is 30.3 Å². The molecule has 4 heterocycles. The lowest BCUT2D eigenvalue weighted by Crippen LogP contribution is -2.70. The molecule has 2 atom stereocenters. The van der Waals surface area contributed by atoms with Gasteiger partial charge in [0.1, 0.15) is 27.9 Å². The van der Waals surface area contributed by atoms with E-state index in [0.717, 1.165) is 10.7 Å². The summed E-state index contributed by atoms with van der Waals surface area (Å²) in [7, 11) is 0. The standard InChI is InChI=1S/C22H18N4O5S2/c27-16(11-14-7-4-10-31-14)24-18-20(28)25-19(22(29)30)15(12-32-21(18)25)33-17-8-9-23-26(17)13-5-2-1-3-6-13/h1-10,18,21H,11-12H2,(H,24,27)(H,29,30)/t18-,21+/m1/s1. The number of carboxylic acid groups (broad SMARTS) is 1. The van der Waals surface area contributed by atoms with Crippen LogP contribution in [0.5, 0.6) is 0 Å². The highest BCUT2D eigenvalue weighted by atomic mass is 32.2. The number of carbonyl (C=O) groups is 3. The molecule has 168 valence electrons. The Kier molecular flexibility index (Phi) is 5.73. The molecule has 2 N–H and O–H groups in total. The summed E-state index contributed by atoms with van der Waals surface area (Å²) < 4.78 is 6.89. The fourth-order valence-corrected chi connectivity index (χ4v) is 6.26. The molecular formula is C22H18N4O5S2. The molecule has 0 unspecified atom stereocenters. The van der Waals surface area contributed by atoms with Crippen LogP contribution in [0.15, 0.2) is 81.0 Å². The van der Waals surface area contributed by atoms with Crippen molar-refractivity contribution in [3.8, 4) is 5.69 Å². The molecule has 0 radical (unpaired) electrons. The average molecular weight is 483 g/mol. The van der Waals surface area contributed by atoms with Gasteiger partial charge < -0.3 is 14.8 Å². The van der Waals surface area contributed by atoms with E-state index in [0.29, 0.717) is 16.4 Å². The van der Waals surface area contributed by atoms with Crippen molar-refractivity contribution >= 4 is 41.3 Å². The molecule has 9 nitrogen and oxygen atoms in total. The predicted molar refractivity (Wildman–Crippen MR) is 122 cm³/mol. The maximum absolute atomic E-state index is 12.8. The van der Waals surface area contributed by atoms with E-state index in [1.165, 1.54) is 34.7 Å². The number of thioether (sulfide) groups is 2. The molecule has 1 aromatic carbocycles. The zero-order valence-corrected chi connectivity index (χ0v) is 18.7. The van der Waals surface area contributed by atoms with E-state index in [4.69, 9.17) is 4.42 Å². The van der Waals surface area contributed by atoms with Crippen LogP contribution in [0, 0.1) is 0 Å². The number of aromatic nitrogens is 2. The van der Waals surface area contributed by atoms with Gasteiger partial charge in [-0.15, -0.1) is 11.8 Å². The normalized spacial score (nSPS) is 19.8. The molecule has 2 aliphatic heterocycles. The van der Waals surface area contributed by atoms with Gasteiger partial charge in [-0.25, -0.2) is 9.48 Å². The average Bonchev–Trinajstić information content (AvgIpc) is 3.49. The second-order valence-corrected chi connectivity index (χ2v) is 9.53. The molecule has 5 rings (SSSR count). The summed E-state index contributed by atoms with van der Waals surface area (Å²) in [5.74, 6) is -1.08. The van der Waals surface area contributed by atoms with E-state index in [9.17, 15) is 19.5 Å². The first kappa shape index (κ1) is 21.4. The van der Waals surface area contributed by atoms with Crippen molar-refractivity contribution in [2.24, 2.45) is 0 Å². The number of nitrogens with one attached hydrogen (secondary N) is 1. The zero-order chi connectivity index (χ0) is 22.9. The molecule has 2 amide bonds. The van der Waals surface area contributed by atoms with Gasteiger partial charge in [0.2, 0.25) is 5.91 Å². The van der Waals surface area contributed by atoms with Crippen molar-refractivity contribution in [2.75, 3.05) is 5.75 Å². The summed E-state index contributed by atoms with van der Waals surface area (Å²) >= 11 is 2.70. The number of furan rings is 1. The number of benzene rings is 1. The number of carbonyl (C=O) groups excluding carboxylic acids is 2. The van der Waals surface area contributed by atoms with E-state index < -0.39 is 23.3 Å². The summed E-state index contributed by atoms with van der Waals surface area (Å²) in [6, 6.07) is 13.9. The van der Waals surface area contributed by atoms with Crippen molar-refractivity contribution in [1.82, 2.24) is 20.0 Å². The number of β-lactam (4-membered cyclic amide) rings is 1. The summed E-state index contributed by atoms with van der Waals surface area (Å²) in [4.78, 5) is 39.1. The fourth-order valence-electron chi connectivity index (χ4n) is 3.72. The van der Waals surface area contributed by atoms with Gasteiger partial charge in [0.15, 0.2) is 0 Å². The largest absolute Gasteiger partial charge is 0.477 e. The fraction of sp³-hybridized carbons (Fsp3) is 0.182. The number of carboxylic acids is 1. The predicted octanol–water partition coefficient (Wildman–Crippen LogP) is 2.50. The summed E-state index contributed by atoms with van der Waals surface area (Å²) in [6.45, 7) is 0. The number of aliphatic carboxylic acids is 1. The molecule has 0 saturated carbocycles. The van der Waals surface area contributed by atoms with Crippen LogP contribution < -0.4 is 5.32 Å². The van der Waals surface area contributed by atoms with Gasteiger partial charge in [0.05, 0.1) is 24.6 Å². The Morgan fingerprint density at radius 3 is 2.76 bits per heavy atom. The second-order valence-electron chi connectivity index (χ2n) is 7.31. The smallest absolute Gasteiger partial charge is 0.353 e. The van der Waals surface area contributed by atoms with Crippen LogP contribution in [-0.2, 0) is 20.8 Å². The summed E-state index contributed by atoms with van der Waals surface area (Å²) in [5, 5.41) is 17.2. The van der Waals surface area contributed by atoms with Gasteiger partial charge in [0, 0.05) is 10.7 Å². The van der Waals surface area contributed by atoms with Gasteiger partial charge >= 0.3 is 5.97 Å². The van der Waals surface area contributed by atoms with E-state index in [2.05, 4.69) is 10.4 Å². The maximum atomic E-state index is 12.8. The molecule has 2 aromatic heterocycles. The third-order valence-electron chi connectivity index (χ3n) is 5.20. The number of hydrogen-bond acceptors (Lipinski definition) is 7. The van der Waals surface area contributed by atoms with Gasteiger partial charge in [0.25, 0.3) is 5.91 Å². The lowest BCUT2D eigenvalue weighted by molar-refractivity contribution is -0.150. The van der Waals surface area contributed by atoms with Crippen molar-refractivity contribution in [1.29, 1.82) is 0 Å². The lowest BCUT2D eigenvalue weighted by Gasteiger charge is -2.49. The minimum absolute atomic E-state index is 0.0143. The second kappa shape index (κ2) is 8.83. The van der Waals surface area contributed by atoms with Gasteiger partial charge in [-0.2, -0.15) is 5.10 Å². The first-order chi connectivity index (χ1) is 16.0. The quantitative estimate of drug-likeness (QED) is 0.493. The van der Waals surface area contributed by atoms with Crippen LogP contribution in [-0.4, -0.2) is 54.7 Å². The Bertz CT molecular complexity index is 1240. The van der Waals surface area contributed by atoms with Crippen LogP contribution in [0.25, 0.3) is 5.69 Å². The Hall–Kier alpha value is -3.44. The first-order valence-electron chi connectivity index (χ1n) is 10.0. The lowest BCUT2D eigenvalue weighted by atomic mass is 10.0. The maximum Gasteiger partial charge on any atom is 0.353 e. The number of para-hydroxylation sites is 1. The number of hydrogen-bond donors (Lipinski definition) is 2. The third kappa shape index (κ3) is 4.05. The topological polar surface area (TPSA) is 118 Å². The van der Waals surface area contributed by atoms with Crippen LogP contribution in [0.4, 0.5) is 0 Å². The van der Waals surface area contributed by atoms with E-state index in [1.54, 1.807) is 29.1 Å². The molecule has 33 heavy (non-hydrogen) atoms. The molecular weight excluding hydrogens is 464 g/mol. The monoisotopic (exact) mass is 482 g/mol. The minimum atomic E-state index is -1.18. The molecule has 0 spiro atoms. The highest BCUT2D eigenvalue weighted by Gasteiger charge is 2.54. The Balaban J connectivity index is 1.35. The SMILES string of the molecule is O=C(Cc1ccco1)N[C@@H]1C(=O)N2C(C(=O)O)=C(Sc3ccnn3-c3ccccc3)CS[C@@H]12. The van der Waals surface area contributed by atoms with Crippen molar-refractivity contribution in [3.63, 3.8) is 0 Å². The number of amides is 2. The minimum Gasteiger partial charge on any atom is -0.477 e. The first-order valence-corrected chi connectivity index (χ1v) is 11.9. The Morgan fingerprint density at radius 2 is 2.03 bits per heavy atom. The van der Waals surface area contributed by atoms with Crippen LogP contribution in [0.2, 0.25) is 0 Å². The van der Waals surface area contributed by atoms with Gasteiger partial charge in [-0.05, 0) is 30.3 Å². The summed E-state index contributed by atoms with van der Waals surface area (Å²) in [5.41, 5.74) is 0.800. The zero-order valence-electron chi connectivity index (χ0n) is 17.1. The molecule has 11 heteroatoms. The molecule has 0 aliphatic carbocycles. The number of fused-ring (bicyclic) bond motifs is 1. The number of rotatable bonds is 7. The number of nitrogens with zero attached hydrogens (tertiary/aromatic N) is 3. The molecule has 1 saturated heterocycles. The third-order valence-corrected chi connectivity index (χ3v) is 7.77. The van der Waals surface area contributed by atoms with E-state index in [-0.39, 0.29) is 18.0 Å². The molecule has 0 bridgehead atoms. The molecule has 3 aromatic rings. The highest BCUT2D eigenvalue weighted by Crippen LogP contribution is 2.45. The molecule has 1 fully saturated rings. The van der Waals surface area contributed by atoms with Crippen LogP contribution >= 0.6 is 23.5 Å². The van der Waals surface area contributed by atoms with Gasteiger partial charge in [-0.1, -0.05) is 30.0 Å².